The number of methoxy groups -OCH3 is 1. The van der Waals surface area contributed by atoms with E-state index in [0.717, 1.165) is 32.4 Å². The van der Waals surface area contributed by atoms with Crippen molar-refractivity contribution in [2.45, 2.75) is 204 Å². The number of likely N-dealkylation sites (tertiary alicyclic amines) is 1. The number of likely N-dealkylation sites (N-methyl/N-ethyl adjacent to an activating group) is 1. The maximum absolute atomic E-state index is 14.4. The first-order valence-corrected chi connectivity index (χ1v) is 21.3. The molecular weight excluding hydrogens is 724 g/mol. The molecule has 4 fully saturated rings. The largest absolute Gasteiger partial charge is 0.459 e. The van der Waals surface area contributed by atoms with E-state index in [2.05, 4.69) is 11.8 Å². The predicted octanol–water partition coefficient (Wildman–Crippen LogP) is 3.07. The van der Waals surface area contributed by atoms with Crippen molar-refractivity contribution in [2.75, 3.05) is 34.3 Å². The van der Waals surface area contributed by atoms with Crippen LogP contribution in [0.4, 0.5) is 0 Å². The van der Waals surface area contributed by atoms with E-state index in [1.165, 1.54) is 14.0 Å². The summed E-state index contributed by atoms with van der Waals surface area (Å²) in [4.78, 5) is 18.7. The first kappa shape index (κ1) is 47.7. The number of rotatable bonds is 8. The minimum atomic E-state index is -1.80. The Hall–Kier alpha value is -1.01. The van der Waals surface area contributed by atoms with Gasteiger partial charge in [-0.3, -0.25) is 9.69 Å². The Bertz CT molecular complexity index is 1250. The van der Waals surface area contributed by atoms with Crippen LogP contribution >= 0.6 is 0 Å². The summed E-state index contributed by atoms with van der Waals surface area (Å²) in [6, 6.07) is -0.534. The molecule has 5 N–H and O–H groups in total. The van der Waals surface area contributed by atoms with Crippen LogP contribution in [0.1, 0.15) is 114 Å². The van der Waals surface area contributed by atoms with E-state index in [1.807, 2.05) is 46.7 Å². The lowest BCUT2D eigenvalue weighted by Crippen LogP contribution is -2.62. The molecule has 0 radical (unpaired) electrons. The molecule has 14 heteroatoms. The van der Waals surface area contributed by atoms with Gasteiger partial charge in [0.05, 0.1) is 47.6 Å². The lowest BCUT2D eigenvalue weighted by molar-refractivity contribution is -0.318. The van der Waals surface area contributed by atoms with Crippen molar-refractivity contribution in [3.63, 3.8) is 0 Å². The fourth-order valence-corrected chi connectivity index (χ4v) is 10.5. The van der Waals surface area contributed by atoms with Crippen LogP contribution in [-0.2, 0) is 33.2 Å². The van der Waals surface area contributed by atoms with Gasteiger partial charge in [0.2, 0.25) is 0 Å². The van der Waals surface area contributed by atoms with Crippen molar-refractivity contribution in [3.8, 4) is 0 Å². The van der Waals surface area contributed by atoms with Gasteiger partial charge in [-0.1, -0.05) is 34.1 Å². The van der Waals surface area contributed by atoms with E-state index in [0.29, 0.717) is 6.42 Å². The summed E-state index contributed by atoms with van der Waals surface area (Å²) in [5.74, 6) is -3.11. The molecule has 4 aliphatic rings. The maximum Gasteiger partial charge on any atom is 0.311 e. The lowest BCUT2D eigenvalue weighted by atomic mass is 9.71. The average Bonchev–Trinajstić information content (AvgIpc) is 3.13. The highest BCUT2D eigenvalue weighted by Crippen LogP contribution is 2.42. The van der Waals surface area contributed by atoms with Gasteiger partial charge in [-0.15, -0.1) is 0 Å². The molecule has 0 aromatic carbocycles. The average molecular weight is 803 g/mol. The molecule has 0 aromatic rings. The Balaban J connectivity index is 1.87. The highest BCUT2D eigenvalue weighted by Gasteiger charge is 2.54. The summed E-state index contributed by atoms with van der Waals surface area (Å²) in [6.45, 7) is 19.6. The zero-order chi connectivity index (χ0) is 42.1. The molecule has 14 nitrogen and oxygen atoms in total. The van der Waals surface area contributed by atoms with E-state index in [1.54, 1.807) is 27.7 Å². The Morgan fingerprint density at radius 3 is 2.07 bits per heavy atom. The molecule has 328 valence electrons. The zero-order valence-electron chi connectivity index (χ0n) is 36.6. The molecular formula is C42H78N2O12. The second-order valence-electron chi connectivity index (χ2n) is 18.8. The molecule has 0 bridgehead atoms. The standard InChI is InChI=1S/C42H78N2O12/c1-14-30-42(10,50)35(46)25(4)32(44-18-16-15-17-19-44)23(2)21-40(8,49)37(56-39-33(45)29(43(11)12)20-24(3)52-39)26(5)34(27(6)38(48)54-30)55-31-22-41(9,51-13)36(47)28(7)53-31/h23-37,39,45-47,49-50H,14-22H2,1-13H3/t23-,24-,25+,26+,27-,28+,29+,30?,31+,32+,33-,34?,35-,36+,37-,39+,40-,41-,42-/m1/s1. The number of hydrogen-bond acceptors (Lipinski definition) is 14. The number of piperidine rings is 1. The number of hydrogen-bond donors (Lipinski definition) is 5. The lowest BCUT2D eigenvalue weighted by Gasteiger charge is -2.51. The summed E-state index contributed by atoms with van der Waals surface area (Å²) in [5, 5.41) is 59.7. The molecule has 4 heterocycles. The summed E-state index contributed by atoms with van der Waals surface area (Å²) in [7, 11) is 5.32. The Labute approximate surface area is 336 Å². The molecule has 4 saturated heterocycles. The first-order chi connectivity index (χ1) is 26.0. The van der Waals surface area contributed by atoms with Crippen molar-refractivity contribution < 1.29 is 58.7 Å². The second kappa shape index (κ2) is 19.1. The molecule has 0 spiro atoms. The molecule has 0 amide bonds. The molecule has 0 aliphatic carbocycles. The number of aliphatic hydroxyl groups excluding tert-OH is 3. The van der Waals surface area contributed by atoms with Crippen LogP contribution in [0, 0.1) is 23.7 Å². The van der Waals surface area contributed by atoms with Gasteiger partial charge >= 0.3 is 5.97 Å². The minimum Gasteiger partial charge on any atom is -0.459 e. The van der Waals surface area contributed by atoms with Crippen molar-refractivity contribution >= 4 is 5.97 Å². The van der Waals surface area contributed by atoms with Gasteiger partial charge < -0.3 is 58.9 Å². The number of esters is 1. The van der Waals surface area contributed by atoms with E-state index in [4.69, 9.17) is 28.4 Å². The van der Waals surface area contributed by atoms with Crippen molar-refractivity contribution in [3.05, 3.63) is 0 Å². The van der Waals surface area contributed by atoms with E-state index in [9.17, 15) is 30.3 Å². The monoisotopic (exact) mass is 803 g/mol. The minimum absolute atomic E-state index is 0.138. The highest BCUT2D eigenvalue weighted by atomic mass is 16.7. The van der Waals surface area contributed by atoms with E-state index < -0.39 is 95.8 Å². The maximum atomic E-state index is 14.4. The fraction of sp³-hybridized carbons (Fsp3) is 0.976. The Morgan fingerprint density at radius 1 is 0.875 bits per heavy atom. The number of nitrogens with zero attached hydrogens (tertiary/aromatic N) is 2. The van der Waals surface area contributed by atoms with Crippen LogP contribution in [0.5, 0.6) is 0 Å². The molecule has 19 atom stereocenters. The quantitative estimate of drug-likeness (QED) is 0.226. The number of ether oxygens (including phenoxy) is 6. The van der Waals surface area contributed by atoms with Crippen LogP contribution < -0.4 is 0 Å². The summed E-state index contributed by atoms with van der Waals surface area (Å²) in [6.07, 6.45) is -5.09. The number of aliphatic hydroxyl groups is 5. The molecule has 0 saturated carbocycles. The van der Waals surface area contributed by atoms with Crippen LogP contribution in [0.3, 0.4) is 0 Å². The smallest absolute Gasteiger partial charge is 0.311 e. The van der Waals surface area contributed by atoms with Gasteiger partial charge in [-0.25, -0.2) is 0 Å². The van der Waals surface area contributed by atoms with Crippen LogP contribution in [0.2, 0.25) is 0 Å². The SMILES string of the molecule is CCC1OC(=O)[C@H](C)C(O[C@H]2C[C@@](C)(OC)[C@@H](O)[C@H](C)O2)[C@H](C)[C@@H](O[C@@H]2O[C@H](C)C[C@H](N(C)C)[C@H]2O)[C@](C)(O)C[C@@H](C)[C@H](N2CCCCC2)[C@H](C)[C@@H](O)[C@]1(C)O. The normalized spacial score (nSPS) is 49.7. The molecule has 4 aliphatic heterocycles. The van der Waals surface area contributed by atoms with Gasteiger partial charge in [0.15, 0.2) is 12.6 Å². The number of carbonyl (C=O) groups excluding carboxylic acids is 1. The van der Waals surface area contributed by atoms with E-state index in [-0.39, 0.29) is 43.4 Å². The number of carbonyl (C=O) groups is 1. The second-order valence-corrected chi connectivity index (χ2v) is 18.8. The van der Waals surface area contributed by atoms with Gasteiger partial charge in [0.1, 0.15) is 23.9 Å². The molecule has 4 rings (SSSR count). The van der Waals surface area contributed by atoms with Gasteiger partial charge in [0, 0.05) is 37.5 Å². The first-order valence-electron chi connectivity index (χ1n) is 21.3. The summed E-state index contributed by atoms with van der Waals surface area (Å²) >= 11 is 0. The number of cyclic esters (lactones) is 1. The Kier molecular flexibility index (Phi) is 16.3. The molecule has 0 aromatic heterocycles. The van der Waals surface area contributed by atoms with Crippen molar-refractivity contribution in [2.24, 2.45) is 23.7 Å². The van der Waals surface area contributed by atoms with Gasteiger partial charge in [0.25, 0.3) is 0 Å². The third-order valence-electron chi connectivity index (χ3n) is 13.9. The predicted molar refractivity (Wildman–Crippen MR) is 210 cm³/mol. The highest BCUT2D eigenvalue weighted by molar-refractivity contribution is 5.73. The van der Waals surface area contributed by atoms with Gasteiger partial charge in [-0.2, -0.15) is 0 Å². The zero-order valence-corrected chi connectivity index (χ0v) is 36.6. The third kappa shape index (κ3) is 10.3. The Morgan fingerprint density at radius 2 is 1.50 bits per heavy atom. The topological polar surface area (TPSA) is 180 Å². The summed E-state index contributed by atoms with van der Waals surface area (Å²) < 4.78 is 38.0. The van der Waals surface area contributed by atoms with Crippen molar-refractivity contribution in [1.29, 1.82) is 0 Å². The molecule has 56 heavy (non-hydrogen) atoms. The third-order valence-corrected chi connectivity index (χ3v) is 13.9. The van der Waals surface area contributed by atoms with Crippen LogP contribution in [-0.4, -0.2) is 166 Å². The summed E-state index contributed by atoms with van der Waals surface area (Å²) in [5.41, 5.74) is -4.42. The van der Waals surface area contributed by atoms with Crippen molar-refractivity contribution in [1.82, 2.24) is 9.80 Å². The van der Waals surface area contributed by atoms with Gasteiger partial charge in [-0.05, 0) is 107 Å². The van der Waals surface area contributed by atoms with E-state index >= 15 is 0 Å². The molecule has 2 unspecified atom stereocenters. The van der Waals surface area contributed by atoms with Crippen LogP contribution in [0.25, 0.3) is 0 Å². The fourth-order valence-electron chi connectivity index (χ4n) is 10.5. The van der Waals surface area contributed by atoms with Crippen LogP contribution in [0.15, 0.2) is 0 Å².